The Labute approximate surface area is 195 Å². The summed E-state index contributed by atoms with van der Waals surface area (Å²) in [5, 5.41) is 2.52. The number of rotatable bonds is 7. The number of hydrogen-bond acceptors (Lipinski definition) is 6. The summed E-state index contributed by atoms with van der Waals surface area (Å²) in [4.78, 5) is 39.2. The summed E-state index contributed by atoms with van der Waals surface area (Å²) in [5.74, 6) is -0.697. The zero-order valence-corrected chi connectivity index (χ0v) is 19.3. The van der Waals surface area contributed by atoms with Gasteiger partial charge in [0, 0.05) is 18.3 Å². The van der Waals surface area contributed by atoms with Gasteiger partial charge in [0.15, 0.2) is 0 Å². The Morgan fingerprint density at radius 2 is 1.76 bits per heavy atom. The number of carbonyl (C=O) groups is 2. The van der Waals surface area contributed by atoms with E-state index in [9.17, 15) is 18.8 Å². The van der Waals surface area contributed by atoms with Crippen LogP contribution in [0, 0.1) is 19.7 Å². The van der Waals surface area contributed by atoms with E-state index in [1.165, 1.54) is 26.4 Å². The second-order valence-corrected chi connectivity index (χ2v) is 7.59. The highest BCUT2D eigenvalue weighted by atomic mass is 19.1. The van der Waals surface area contributed by atoms with Gasteiger partial charge in [-0.2, -0.15) is 0 Å². The normalized spacial score (nSPS) is 10.5. The SMILES string of the molecule is COC(=O)NCc1cc(F)ccc1COc1cc(C)[nH]c(=O)c1-c1cc(C(=O)OC)ccc1C. The number of halogens is 1. The van der Waals surface area contributed by atoms with Gasteiger partial charge in [-0.05, 0) is 60.4 Å². The van der Waals surface area contributed by atoms with Crippen molar-refractivity contribution in [3.05, 3.63) is 86.6 Å². The molecule has 0 spiro atoms. The number of esters is 1. The lowest BCUT2D eigenvalue weighted by atomic mass is 9.98. The molecule has 0 atom stereocenters. The van der Waals surface area contributed by atoms with Crippen LogP contribution in [0.15, 0.2) is 47.3 Å². The van der Waals surface area contributed by atoms with Crippen molar-refractivity contribution >= 4 is 12.1 Å². The van der Waals surface area contributed by atoms with E-state index in [4.69, 9.17) is 9.47 Å². The minimum Gasteiger partial charge on any atom is -0.488 e. The topological polar surface area (TPSA) is 107 Å². The number of ether oxygens (including phenoxy) is 3. The van der Waals surface area contributed by atoms with Crippen LogP contribution in [0.3, 0.4) is 0 Å². The van der Waals surface area contributed by atoms with Crippen molar-refractivity contribution < 1.29 is 28.2 Å². The van der Waals surface area contributed by atoms with Crippen molar-refractivity contribution in [1.82, 2.24) is 10.3 Å². The number of hydrogen-bond donors (Lipinski definition) is 2. The molecule has 8 nitrogen and oxygen atoms in total. The van der Waals surface area contributed by atoms with Crippen molar-refractivity contribution in [1.29, 1.82) is 0 Å². The van der Waals surface area contributed by atoms with Gasteiger partial charge in [0.05, 0.1) is 25.3 Å². The highest BCUT2D eigenvalue weighted by molar-refractivity contribution is 5.91. The molecule has 0 aliphatic heterocycles. The van der Waals surface area contributed by atoms with Crippen LogP contribution in [0.5, 0.6) is 5.75 Å². The number of methoxy groups -OCH3 is 2. The first-order valence-electron chi connectivity index (χ1n) is 10.4. The first-order chi connectivity index (χ1) is 16.2. The van der Waals surface area contributed by atoms with Crippen LogP contribution >= 0.6 is 0 Å². The van der Waals surface area contributed by atoms with Gasteiger partial charge in [0.25, 0.3) is 5.56 Å². The van der Waals surface area contributed by atoms with Crippen LogP contribution in [0.2, 0.25) is 0 Å². The van der Waals surface area contributed by atoms with Gasteiger partial charge in [0.2, 0.25) is 0 Å². The molecule has 3 aromatic rings. The van der Waals surface area contributed by atoms with E-state index in [1.807, 2.05) is 6.92 Å². The molecule has 0 saturated heterocycles. The molecule has 0 fully saturated rings. The molecule has 178 valence electrons. The largest absolute Gasteiger partial charge is 0.488 e. The summed E-state index contributed by atoms with van der Waals surface area (Å²) in [7, 11) is 2.52. The van der Waals surface area contributed by atoms with Crippen molar-refractivity contribution in [2.24, 2.45) is 0 Å². The molecule has 1 amide bonds. The number of amides is 1. The number of benzene rings is 2. The Hall–Kier alpha value is -4.14. The number of carbonyl (C=O) groups excluding carboxylic acids is 2. The quantitative estimate of drug-likeness (QED) is 0.508. The molecule has 0 bridgehead atoms. The fourth-order valence-corrected chi connectivity index (χ4v) is 3.46. The molecular weight excluding hydrogens is 443 g/mol. The first kappa shape index (κ1) is 24.5. The monoisotopic (exact) mass is 468 g/mol. The average Bonchev–Trinajstić information content (AvgIpc) is 2.81. The Bertz CT molecular complexity index is 1280. The molecule has 3 rings (SSSR count). The molecule has 2 N–H and O–H groups in total. The second-order valence-electron chi connectivity index (χ2n) is 7.59. The lowest BCUT2D eigenvalue weighted by Crippen LogP contribution is -2.23. The predicted molar refractivity (Wildman–Crippen MR) is 123 cm³/mol. The van der Waals surface area contributed by atoms with Crippen LogP contribution in [0.4, 0.5) is 9.18 Å². The maximum Gasteiger partial charge on any atom is 0.407 e. The number of pyridine rings is 1. The molecule has 1 aromatic heterocycles. The smallest absolute Gasteiger partial charge is 0.407 e. The molecule has 0 saturated carbocycles. The fraction of sp³-hybridized carbons (Fsp3) is 0.240. The molecule has 1 heterocycles. The Balaban J connectivity index is 1.99. The molecule has 34 heavy (non-hydrogen) atoms. The number of aromatic nitrogens is 1. The maximum atomic E-state index is 13.8. The third-order valence-corrected chi connectivity index (χ3v) is 5.22. The lowest BCUT2D eigenvalue weighted by Gasteiger charge is -2.16. The third-order valence-electron chi connectivity index (χ3n) is 5.22. The van der Waals surface area contributed by atoms with Crippen LogP contribution in [-0.4, -0.2) is 31.3 Å². The minimum atomic E-state index is -0.649. The highest BCUT2D eigenvalue weighted by Gasteiger charge is 2.18. The molecular formula is C25H25FN2O6. The minimum absolute atomic E-state index is 0.00407. The summed E-state index contributed by atoms with van der Waals surface area (Å²) in [5.41, 5.74) is 3.14. The molecule has 0 unspecified atom stereocenters. The number of nitrogens with one attached hydrogen (secondary N) is 2. The molecule has 0 radical (unpaired) electrons. The lowest BCUT2D eigenvalue weighted by molar-refractivity contribution is 0.0600. The van der Waals surface area contributed by atoms with E-state index in [0.717, 1.165) is 5.56 Å². The Kier molecular flexibility index (Phi) is 7.68. The van der Waals surface area contributed by atoms with E-state index in [-0.39, 0.29) is 24.3 Å². The van der Waals surface area contributed by atoms with Crippen LogP contribution in [0.1, 0.15) is 32.7 Å². The summed E-state index contributed by atoms with van der Waals surface area (Å²) < 4.78 is 29.2. The highest BCUT2D eigenvalue weighted by Crippen LogP contribution is 2.31. The van der Waals surface area contributed by atoms with Crippen molar-refractivity contribution in [3.8, 4) is 16.9 Å². The zero-order valence-electron chi connectivity index (χ0n) is 19.3. The van der Waals surface area contributed by atoms with E-state index >= 15 is 0 Å². The predicted octanol–water partition coefficient (Wildman–Crippen LogP) is 4.02. The standard InChI is InChI=1S/C25H25FN2O6/c1-14-5-6-16(24(30)32-3)11-20(14)22-21(9-15(2)28-23(22)29)34-13-17-7-8-19(26)10-18(17)12-27-25(31)33-4/h5-11H,12-13H2,1-4H3,(H,27,31)(H,28,29). The third kappa shape index (κ3) is 5.61. The van der Waals surface area contributed by atoms with Crippen LogP contribution in [0.25, 0.3) is 11.1 Å². The maximum absolute atomic E-state index is 13.8. The van der Waals surface area contributed by atoms with Gasteiger partial charge >= 0.3 is 12.1 Å². The van der Waals surface area contributed by atoms with Gasteiger partial charge in [-0.1, -0.05) is 12.1 Å². The second kappa shape index (κ2) is 10.7. The summed E-state index contributed by atoms with van der Waals surface area (Å²) >= 11 is 0. The first-order valence-corrected chi connectivity index (χ1v) is 10.4. The van der Waals surface area contributed by atoms with Gasteiger partial charge in [-0.15, -0.1) is 0 Å². The van der Waals surface area contributed by atoms with Crippen LogP contribution < -0.4 is 15.6 Å². The molecule has 9 heteroatoms. The number of alkyl carbamates (subject to hydrolysis) is 1. The average molecular weight is 468 g/mol. The number of aromatic amines is 1. The number of aryl methyl sites for hydroxylation is 2. The number of H-pyrrole nitrogens is 1. The summed E-state index contributed by atoms with van der Waals surface area (Å²) in [6, 6.07) is 10.7. The molecule has 0 aliphatic carbocycles. The van der Waals surface area contributed by atoms with Crippen LogP contribution in [-0.2, 0) is 22.6 Å². The summed E-state index contributed by atoms with van der Waals surface area (Å²) in [6.07, 6.45) is -0.649. The molecule has 0 aliphatic rings. The van der Waals surface area contributed by atoms with E-state index in [1.54, 1.807) is 37.3 Å². The van der Waals surface area contributed by atoms with E-state index < -0.39 is 17.9 Å². The van der Waals surface area contributed by atoms with Crippen molar-refractivity contribution in [2.45, 2.75) is 27.0 Å². The Morgan fingerprint density at radius 1 is 1.00 bits per heavy atom. The van der Waals surface area contributed by atoms with Gasteiger partial charge in [0.1, 0.15) is 18.2 Å². The van der Waals surface area contributed by atoms with E-state index in [0.29, 0.717) is 33.7 Å². The van der Waals surface area contributed by atoms with Crippen molar-refractivity contribution in [2.75, 3.05) is 14.2 Å². The van der Waals surface area contributed by atoms with Gasteiger partial charge in [-0.3, -0.25) is 4.79 Å². The Morgan fingerprint density at radius 3 is 2.47 bits per heavy atom. The summed E-state index contributed by atoms with van der Waals surface area (Å²) in [6.45, 7) is 3.57. The van der Waals surface area contributed by atoms with Crippen molar-refractivity contribution in [3.63, 3.8) is 0 Å². The van der Waals surface area contributed by atoms with Gasteiger partial charge < -0.3 is 24.5 Å². The fourth-order valence-electron chi connectivity index (χ4n) is 3.46. The molecule has 2 aromatic carbocycles. The zero-order chi connectivity index (χ0) is 24.8. The van der Waals surface area contributed by atoms with E-state index in [2.05, 4.69) is 15.0 Å². The van der Waals surface area contributed by atoms with Gasteiger partial charge in [-0.25, -0.2) is 14.0 Å².